The quantitative estimate of drug-likeness (QED) is 0.277. The van der Waals surface area contributed by atoms with Gasteiger partial charge >= 0.3 is 0 Å². The molecule has 0 bridgehead atoms. The minimum Gasteiger partial charge on any atom is -0.361 e. The molecular formula is C23H26N4O2. The Morgan fingerprint density at radius 3 is 2.79 bits per heavy atom. The van der Waals surface area contributed by atoms with Gasteiger partial charge in [0.1, 0.15) is 0 Å². The molecule has 6 heteroatoms. The zero-order valence-corrected chi connectivity index (χ0v) is 16.6. The van der Waals surface area contributed by atoms with Crippen LogP contribution in [0.25, 0.3) is 10.9 Å². The summed E-state index contributed by atoms with van der Waals surface area (Å²) in [6, 6.07) is 14.7. The molecule has 1 aromatic heterocycles. The second-order valence-corrected chi connectivity index (χ2v) is 6.93. The van der Waals surface area contributed by atoms with Crippen LogP contribution in [0.4, 0.5) is 5.69 Å². The molecule has 0 aliphatic rings. The zero-order chi connectivity index (χ0) is 20.5. The number of nitrogens with one attached hydrogen (secondary N) is 3. The first-order chi connectivity index (χ1) is 14.2. The number of hydrazone groups is 1. The van der Waals surface area contributed by atoms with Crippen molar-refractivity contribution < 1.29 is 9.59 Å². The lowest BCUT2D eigenvalue weighted by atomic mass is 10.1. The van der Waals surface area contributed by atoms with Crippen LogP contribution >= 0.6 is 0 Å². The molecule has 3 aromatic rings. The summed E-state index contributed by atoms with van der Waals surface area (Å²) < 4.78 is 0. The topological polar surface area (TPSA) is 86.3 Å². The van der Waals surface area contributed by atoms with Crippen molar-refractivity contribution in [1.29, 1.82) is 0 Å². The molecule has 0 spiro atoms. The predicted molar refractivity (Wildman–Crippen MR) is 117 cm³/mol. The second kappa shape index (κ2) is 10.2. The van der Waals surface area contributed by atoms with Crippen LogP contribution in [-0.2, 0) is 4.79 Å². The van der Waals surface area contributed by atoms with Gasteiger partial charge in [0.05, 0.1) is 6.21 Å². The number of hydrogen-bond acceptors (Lipinski definition) is 3. The van der Waals surface area contributed by atoms with Crippen LogP contribution in [0.2, 0.25) is 0 Å². The summed E-state index contributed by atoms with van der Waals surface area (Å²) in [5, 5.41) is 7.94. The predicted octanol–water partition coefficient (Wildman–Crippen LogP) is 4.84. The van der Waals surface area contributed by atoms with E-state index in [9.17, 15) is 9.59 Å². The molecule has 150 valence electrons. The summed E-state index contributed by atoms with van der Waals surface area (Å²) in [5.41, 5.74) is 5.49. The van der Waals surface area contributed by atoms with Crippen molar-refractivity contribution in [1.82, 2.24) is 10.4 Å². The third-order valence-electron chi connectivity index (χ3n) is 4.66. The number of nitrogens with zero attached hydrogens (tertiary/aromatic N) is 1. The Kier molecular flexibility index (Phi) is 7.16. The highest BCUT2D eigenvalue weighted by Gasteiger charge is 2.08. The van der Waals surface area contributed by atoms with Gasteiger partial charge in [-0.25, -0.2) is 5.43 Å². The van der Waals surface area contributed by atoms with E-state index in [2.05, 4.69) is 27.8 Å². The molecule has 0 aliphatic heterocycles. The Bertz CT molecular complexity index is 1010. The van der Waals surface area contributed by atoms with Crippen LogP contribution < -0.4 is 10.7 Å². The van der Waals surface area contributed by atoms with Gasteiger partial charge in [-0.3, -0.25) is 9.59 Å². The fourth-order valence-electron chi connectivity index (χ4n) is 3.10. The molecule has 3 N–H and O–H groups in total. The molecule has 6 nitrogen and oxygen atoms in total. The molecule has 29 heavy (non-hydrogen) atoms. The Morgan fingerprint density at radius 2 is 1.93 bits per heavy atom. The van der Waals surface area contributed by atoms with Crippen LogP contribution in [-0.4, -0.2) is 23.0 Å². The molecule has 3 rings (SSSR count). The van der Waals surface area contributed by atoms with Gasteiger partial charge in [0.2, 0.25) is 5.91 Å². The SMILES string of the molecule is CCCCCCC(=O)Nc1cccc(C(=O)N/N=C/c2c[nH]c3ccccc23)c1. The molecule has 0 aliphatic carbocycles. The van der Waals surface area contributed by atoms with Crippen LogP contribution in [0.1, 0.15) is 54.9 Å². The summed E-state index contributed by atoms with van der Waals surface area (Å²) in [4.78, 5) is 27.6. The standard InChI is InChI=1S/C23H26N4O2/c1-2-3-4-5-13-22(28)26-19-10-8-9-17(14-19)23(29)27-25-16-18-15-24-21-12-7-6-11-20(18)21/h6-12,14-16,24H,2-5,13H2,1H3,(H,26,28)(H,27,29)/b25-16+. The van der Waals surface area contributed by atoms with Crippen molar-refractivity contribution in [2.75, 3.05) is 5.32 Å². The summed E-state index contributed by atoms with van der Waals surface area (Å²) in [5.74, 6) is -0.365. The number of carbonyl (C=O) groups excluding carboxylic acids is 2. The maximum Gasteiger partial charge on any atom is 0.271 e. The van der Waals surface area contributed by atoms with Crippen LogP contribution in [0, 0.1) is 0 Å². The van der Waals surface area contributed by atoms with E-state index in [4.69, 9.17) is 0 Å². The molecule has 0 saturated heterocycles. The number of hydrogen-bond donors (Lipinski definition) is 3. The third kappa shape index (κ3) is 5.78. The lowest BCUT2D eigenvalue weighted by Gasteiger charge is -2.07. The fourth-order valence-corrected chi connectivity index (χ4v) is 3.10. The highest BCUT2D eigenvalue weighted by atomic mass is 16.2. The lowest BCUT2D eigenvalue weighted by molar-refractivity contribution is -0.116. The van der Waals surface area contributed by atoms with Crippen molar-refractivity contribution >= 4 is 34.6 Å². The van der Waals surface area contributed by atoms with E-state index in [1.165, 1.54) is 0 Å². The Hall–Kier alpha value is -3.41. The van der Waals surface area contributed by atoms with Crippen molar-refractivity contribution in [2.24, 2.45) is 5.10 Å². The number of fused-ring (bicyclic) bond motifs is 1. The first-order valence-corrected chi connectivity index (χ1v) is 9.97. The van der Waals surface area contributed by atoms with Crippen molar-refractivity contribution in [3.63, 3.8) is 0 Å². The molecule has 0 atom stereocenters. The highest BCUT2D eigenvalue weighted by Crippen LogP contribution is 2.16. The van der Waals surface area contributed by atoms with Crippen LogP contribution in [0.15, 0.2) is 59.8 Å². The van der Waals surface area contributed by atoms with E-state index < -0.39 is 0 Å². The van der Waals surface area contributed by atoms with Gasteiger partial charge in [-0.2, -0.15) is 5.10 Å². The zero-order valence-electron chi connectivity index (χ0n) is 16.6. The maximum atomic E-state index is 12.4. The number of anilines is 1. The summed E-state index contributed by atoms with van der Waals surface area (Å²) in [7, 11) is 0. The van der Waals surface area contributed by atoms with Gasteiger partial charge in [0, 0.05) is 40.3 Å². The number of unbranched alkanes of at least 4 members (excludes halogenated alkanes) is 3. The number of aromatic nitrogens is 1. The van der Waals surface area contributed by atoms with Gasteiger partial charge in [0.25, 0.3) is 5.91 Å². The average Bonchev–Trinajstić information content (AvgIpc) is 3.14. The Balaban J connectivity index is 1.55. The van der Waals surface area contributed by atoms with E-state index in [1.807, 2.05) is 30.5 Å². The molecule has 0 radical (unpaired) electrons. The Labute approximate surface area is 170 Å². The largest absolute Gasteiger partial charge is 0.361 e. The van der Waals surface area contributed by atoms with Crippen LogP contribution in [0.3, 0.4) is 0 Å². The first kappa shape index (κ1) is 20.3. The van der Waals surface area contributed by atoms with E-state index >= 15 is 0 Å². The van der Waals surface area contributed by atoms with Crippen LogP contribution in [0.5, 0.6) is 0 Å². The maximum absolute atomic E-state index is 12.4. The van der Waals surface area contributed by atoms with Gasteiger partial charge in [0.15, 0.2) is 0 Å². The highest BCUT2D eigenvalue weighted by molar-refractivity contribution is 6.00. The number of carbonyl (C=O) groups is 2. The number of benzene rings is 2. The average molecular weight is 390 g/mol. The van der Waals surface area contributed by atoms with Crippen molar-refractivity contribution in [2.45, 2.75) is 39.0 Å². The van der Waals surface area contributed by atoms with E-state index in [1.54, 1.807) is 30.5 Å². The minimum atomic E-state index is -0.333. The molecule has 0 unspecified atom stereocenters. The molecular weight excluding hydrogens is 364 g/mol. The second-order valence-electron chi connectivity index (χ2n) is 6.93. The third-order valence-corrected chi connectivity index (χ3v) is 4.66. The van der Waals surface area contributed by atoms with Gasteiger partial charge < -0.3 is 10.3 Å². The number of rotatable bonds is 9. The minimum absolute atomic E-state index is 0.0315. The monoisotopic (exact) mass is 390 g/mol. The smallest absolute Gasteiger partial charge is 0.271 e. The first-order valence-electron chi connectivity index (χ1n) is 9.97. The summed E-state index contributed by atoms with van der Waals surface area (Å²) >= 11 is 0. The number of amides is 2. The molecule has 0 fully saturated rings. The van der Waals surface area contributed by atoms with Gasteiger partial charge in [-0.1, -0.05) is 50.5 Å². The molecule has 1 heterocycles. The lowest BCUT2D eigenvalue weighted by Crippen LogP contribution is -2.18. The fraction of sp³-hybridized carbons (Fsp3) is 0.261. The van der Waals surface area contributed by atoms with E-state index in [0.717, 1.165) is 42.1 Å². The molecule has 2 amide bonds. The van der Waals surface area contributed by atoms with Gasteiger partial charge in [-0.05, 0) is 30.7 Å². The number of H-pyrrole nitrogens is 1. The molecule has 2 aromatic carbocycles. The number of para-hydroxylation sites is 1. The normalized spacial score (nSPS) is 11.1. The number of aromatic amines is 1. The summed E-state index contributed by atoms with van der Waals surface area (Å²) in [6.45, 7) is 2.14. The van der Waals surface area contributed by atoms with Crippen molar-refractivity contribution in [3.8, 4) is 0 Å². The van der Waals surface area contributed by atoms with Gasteiger partial charge in [-0.15, -0.1) is 0 Å². The van der Waals surface area contributed by atoms with E-state index in [-0.39, 0.29) is 11.8 Å². The van der Waals surface area contributed by atoms with E-state index in [0.29, 0.717) is 17.7 Å². The Morgan fingerprint density at radius 1 is 1.07 bits per heavy atom. The van der Waals surface area contributed by atoms with Crippen molar-refractivity contribution in [3.05, 3.63) is 65.9 Å². The summed E-state index contributed by atoms with van der Waals surface area (Å²) in [6.07, 6.45) is 8.16. The molecule has 0 saturated carbocycles.